The Morgan fingerprint density at radius 3 is 1.86 bits per heavy atom. The van der Waals surface area contributed by atoms with Crippen LogP contribution in [0.2, 0.25) is 0 Å². The molecular formula is C34H63N6O7S2+. The summed E-state index contributed by atoms with van der Waals surface area (Å²) in [5.74, 6) is 0.171. The van der Waals surface area contributed by atoms with Crippen LogP contribution < -0.4 is 0 Å². The third-order valence-corrected chi connectivity index (χ3v) is 11.2. The number of hydroxylamine groups is 2. The monoisotopic (exact) mass is 731 g/mol. The topological polar surface area (TPSA) is 142 Å². The zero-order chi connectivity index (χ0) is 36.2. The van der Waals surface area contributed by atoms with Gasteiger partial charge in [-0.05, 0) is 72.1 Å². The molecule has 0 aliphatic carbocycles. The maximum absolute atomic E-state index is 12.6. The van der Waals surface area contributed by atoms with Crippen LogP contribution in [0.3, 0.4) is 0 Å². The molecule has 282 valence electrons. The summed E-state index contributed by atoms with van der Waals surface area (Å²) in [6.45, 7) is 22.0. The lowest BCUT2D eigenvalue weighted by Gasteiger charge is -2.39. The highest BCUT2D eigenvalue weighted by Gasteiger charge is 2.48. The van der Waals surface area contributed by atoms with Crippen molar-refractivity contribution in [3.8, 4) is 0 Å². The van der Waals surface area contributed by atoms with E-state index in [0.29, 0.717) is 37.5 Å². The van der Waals surface area contributed by atoms with Crippen LogP contribution in [-0.4, -0.2) is 112 Å². The zero-order valence-electron chi connectivity index (χ0n) is 31.1. The summed E-state index contributed by atoms with van der Waals surface area (Å²) in [4.78, 5) is 28.1. The quantitative estimate of drug-likeness (QED) is 0.137. The fraction of sp³-hybridized carbons (Fsp3) is 0.882. The molecule has 3 saturated heterocycles. The molecule has 15 heteroatoms. The van der Waals surface area contributed by atoms with E-state index in [4.69, 9.17) is 9.29 Å². The van der Waals surface area contributed by atoms with E-state index in [2.05, 4.69) is 42.2 Å². The number of aromatic nitrogens is 2. The zero-order valence-corrected chi connectivity index (χ0v) is 32.7. The summed E-state index contributed by atoms with van der Waals surface area (Å²) in [6.07, 6.45) is 13.4. The van der Waals surface area contributed by atoms with Crippen LogP contribution in [0.5, 0.6) is 0 Å². The number of rotatable bonds is 16. The van der Waals surface area contributed by atoms with Crippen molar-refractivity contribution in [3.63, 3.8) is 0 Å². The molecule has 13 nitrogen and oxygen atoms in total. The molecule has 0 spiro atoms. The van der Waals surface area contributed by atoms with Crippen LogP contribution in [0.4, 0.5) is 9.59 Å². The van der Waals surface area contributed by atoms with E-state index in [1.54, 1.807) is 4.90 Å². The third-order valence-electron chi connectivity index (χ3n) is 9.68. The Morgan fingerprint density at radius 1 is 0.878 bits per heavy atom. The number of carbonyl (C=O) groups excluding carboxylic acids is 2. The molecule has 0 unspecified atom stereocenters. The van der Waals surface area contributed by atoms with Gasteiger partial charge in [-0.1, -0.05) is 64.7 Å². The van der Waals surface area contributed by atoms with Crippen LogP contribution in [0.1, 0.15) is 147 Å². The van der Waals surface area contributed by atoms with Gasteiger partial charge in [-0.25, -0.2) is 9.59 Å². The molecule has 1 N–H and O–H groups in total. The average molecular weight is 732 g/mol. The molecule has 3 amide bonds. The number of hydrogen-bond donors (Lipinski definition) is 1. The minimum Gasteiger partial charge on any atom is -0.444 e. The highest BCUT2D eigenvalue weighted by atomic mass is 32.3. The molecule has 0 radical (unpaired) electrons. The maximum atomic E-state index is 12.6. The molecule has 0 saturated carbocycles. The van der Waals surface area contributed by atoms with Crippen LogP contribution in [0.15, 0.2) is 0 Å². The van der Waals surface area contributed by atoms with Gasteiger partial charge in [0.1, 0.15) is 15.6 Å². The summed E-state index contributed by atoms with van der Waals surface area (Å²) in [5.41, 5.74) is -0.532. The molecular weight excluding hydrogens is 669 g/mol. The molecule has 4 heterocycles. The second-order valence-corrected chi connectivity index (χ2v) is 16.9. The van der Waals surface area contributed by atoms with Crippen molar-refractivity contribution >= 4 is 33.9 Å². The Bertz CT molecular complexity index is 1240. The highest BCUT2D eigenvalue weighted by molar-refractivity contribution is 7.80. The second kappa shape index (κ2) is 19.0. The van der Waals surface area contributed by atoms with Gasteiger partial charge < -0.3 is 19.0 Å². The number of amides is 3. The van der Waals surface area contributed by atoms with Crippen molar-refractivity contribution in [2.24, 2.45) is 0 Å². The standard InChI is InChI=1S/C18H27N5O7S2.C16H36N/c1-18(2,3)29-17(25)21-8-6-11(7-9-21)14-19-20-15(31-14)13-5-4-12-10-22(13)16(24)23(12)30-32(26,27)28;1-5-9-13-17(14-10-6-2,15-11-7-3)16-12-8-4/h11-13H,4-10H2,1-3H3,(H,26,27,28);5-16H2,1-4H3/q;+1/t12-,13+;/m1./s1. The van der Waals surface area contributed by atoms with Gasteiger partial charge in [-0.15, -0.1) is 14.5 Å². The molecule has 3 aliphatic rings. The van der Waals surface area contributed by atoms with Gasteiger partial charge in [-0.2, -0.15) is 13.5 Å². The molecule has 1 aromatic rings. The predicted octanol–water partition coefficient (Wildman–Crippen LogP) is 7.33. The molecule has 1 aromatic heterocycles. The number of likely N-dealkylation sites (tertiary alicyclic amines) is 1. The number of urea groups is 1. The number of hydrogen-bond acceptors (Lipinski definition) is 9. The summed E-state index contributed by atoms with van der Waals surface area (Å²) >= 11 is 1.44. The first kappa shape index (κ1) is 41.4. The lowest BCUT2D eigenvalue weighted by molar-refractivity contribution is -0.929. The first-order valence-electron chi connectivity index (χ1n) is 18.6. The van der Waals surface area contributed by atoms with Crippen LogP contribution >= 0.6 is 11.3 Å². The third kappa shape index (κ3) is 12.6. The fourth-order valence-electron chi connectivity index (χ4n) is 6.91. The number of piperidine rings is 2. The molecule has 0 aromatic carbocycles. The molecule has 3 fully saturated rings. The minimum atomic E-state index is -4.78. The number of nitrogens with zero attached hydrogens (tertiary/aromatic N) is 6. The van der Waals surface area contributed by atoms with E-state index in [0.717, 1.165) is 22.9 Å². The molecule has 3 aliphatic heterocycles. The van der Waals surface area contributed by atoms with E-state index in [-0.39, 0.29) is 18.1 Å². The average Bonchev–Trinajstić information content (AvgIpc) is 3.63. The highest BCUT2D eigenvalue weighted by Crippen LogP contribution is 2.41. The summed E-state index contributed by atoms with van der Waals surface area (Å²) < 4.78 is 42.4. The van der Waals surface area contributed by atoms with E-state index in [1.807, 2.05) is 20.8 Å². The SMILES string of the molecule is CC(C)(C)OC(=O)N1CCC(c2nnc([C@@H]3CC[C@@H]4CN3C(=O)N4OS(=O)(=O)O)s2)CC1.CCCC[N+](CCCC)(CCCC)CCCC. The van der Waals surface area contributed by atoms with Crippen molar-refractivity contribution < 1.29 is 36.1 Å². The largest absolute Gasteiger partial charge is 0.444 e. The van der Waals surface area contributed by atoms with Gasteiger partial charge in [0.25, 0.3) is 0 Å². The lowest BCUT2D eigenvalue weighted by atomic mass is 9.98. The van der Waals surface area contributed by atoms with Crippen molar-refractivity contribution in [2.45, 2.75) is 149 Å². The minimum absolute atomic E-state index is 0.171. The van der Waals surface area contributed by atoms with Gasteiger partial charge in [0.2, 0.25) is 0 Å². The van der Waals surface area contributed by atoms with Crippen LogP contribution in [0, 0.1) is 0 Å². The van der Waals surface area contributed by atoms with E-state index >= 15 is 0 Å². The first-order valence-corrected chi connectivity index (χ1v) is 20.8. The van der Waals surface area contributed by atoms with Crippen LogP contribution in [0.25, 0.3) is 0 Å². The Kier molecular flexibility index (Phi) is 16.0. The smallest absolute Gasteiger partial charge is 0.418 e. The number of quaternary nitrogens is 1. The molecule has 2 bridgehead atoms. The Morgan fingerprint density at radius 2 is 1.39 bits per heavy atom. The Labute approximate surface area is 299 Å². The number of unbranched alkanes of at least 4 members (excludes halogenated alkanes) is 4. The Hall–Kier alpha value is -2.07. The van der Waals surface area contributed by atoms with Crippen molar-refractivity contribution in [3.05, 3.63) is 10.0 Å². The van der Waals surface area contributed by atoms with Crippen molar-refractivity contribution in [2.75, 3.05) is 45.8 Å². The van der Waals surface area contributed by atoms with Crippen LogP contribution in [-0.2, 0) is 19.4 Å². The van der Waals surface area contributed by atoms with Gasteiger partial charge in [-0.3, -0.25) is 4.55 Å². The number of carbonyl (C=O) groups is 2. The maximum Gasteiger partial charge on any atom is 0.418 e. The van der Waals surface area contributed by atoms with E-state index in [9.17, 15) is 18.0 Å². The van der Waals surface area contributed by atoms with Crippen molar-refractivity contribution in [1.82, 2.24) is 25.1 Å². The Balaban J connectivity index is 0.000000326. The number of fused-ring (bicyclic) bond motifs is 2. The van der Waals surface area contributed by atoms with Crippen molar-refractivity contribution in [1.29, 1.82) is 0 Å². The normalized spacial score (nSPS) is 20.4. The van der Waals surface area contributed by atoms with Gasteiger partial charge in [0.05, 0.1) is 38.3 Å². The summed E-state index contributed by atoms with van der Waals surface area (Å²) in [5, 5.41) is 10.9. The second-order valence-electron chi connectivity index (χ2n) is 14.9. The van der Waals surface area contributed by atoms with E-state index in [1.165, 1.54) is 98.3 Å². The summed E-state index contributed by atoms with van der Waals surface area (Å²) in [7, 11) is -4.78. The van der Waals surface area contributed by atoms with Gasteiger partial charge >= 0.3 is 22.5 Å². The molecule has 2 atom stereocenters. The molecule has 49 heavy (non-hydrogen) atoms. The van der Waals surface area contributed by atoms with Gasteiger partial charge in [0, 0.05) is 25.6 Å². The number of ether oxygens (including phenoxy) is 1. The lowest BCUT2D eigenvalue weighted by Crippen LogP contribution is -2.50. The first-order chi connectivity index (χ1) is 23.2. The predicted molar refractivity (Wildman–Crippen MR) is 191 cm³/mol. The van der Waals surface area contributed by atoms with E-state index < -0.39 is 28.1 Å². The fourth-order valence-corrected chi connectivity index (χ4v) is 8.46. The molecule has 4 rings (SSSR count). The summed E-state index contributed by atoms with van der Waals surface area (Å²) in [6, 6.07) is -1.37. The van der Waals surface area contributed by atoms with Gasteiger partial charge in [0.15, 0.2) is 0 Å².